The Kier molecular flexibility index (Phi) is 5.93. The number of carbonyl (C=O) groups excluding carboxylic acids is 1. The van der Waals surface area contributed by atoms with Gasteiger partial charge in [-0.05, 0) is 42.7 Å². The number of aromatic nitrogens is 3. The average Bonchev–Trinajstić information content (AvgIpc) is 3.36. The number of piperidine rings is 1. The molecular weight excluding hydrogens is 422 g/mol. The number of carbonyl (C=O) groups is 1. The third kappa shape index (κ3) is 4.52. The van der Waals surface area contributed by atoms with Crippen LogP contribution in [0.3, 0.4) is 0 Å². The minimum atomic E-state index is -0.0340. The molecule has 9 nitrogen and oxygen atoms in total. The van der Waals surface area contributed by atoms with Gasteiger partial charge in [-0.25, -0.2) is 4.98 Å². The molecule has 5 rings (SSSR count). The van der Waals surface area contributed by atoms with E-state index in [1.807, 2.05) is 17.0 Å². The summed E-state index contributed by atoms with van der Waals surface area (Å²) in [7, 11) is 1.59. The highest BCUT2D eigenvalue weighted by Gasteiger charge is 2.30. The van der Waals surface area contributed by atoms with E-state index in [2.05, 4.69) is 19.9 Å². The van der Waals surface area contributed by atoms with Crippen LogP contribution in [0.4, 0.5) is 5.95 Å². The summed E-state index contributed by atoms with van der Waals surface area (Å²) in [5.74, 6) is 2.42. The van der Waals surface area contributed by atoms with Gasteiger partial charge in [-0.15, -0.1) is 0 Å². The number of benzene rings is 1. The van der Waals surface area contributed by atoms with Crippen molar-refractivity contribution in [1.82, 2.24) is 19.9 Å². The molecule has 0 aliphatic carbocycles. The van der Waals surface area contributed by atoms with Crippen molar-refractivity contribution < 1.29 is 19.0 Å². The fraction of sp³-hybridized carbons (Fsp3) is 0.333. The van der Waals surface area contributed by atoms with Crippen LogP contribution in [0.15, 0.2) is 55.0 Å². The molecule has 0 N–H and O–H groups in total. The highest BCUT2D eigenvalue weighted by Crippen LogP contribution is 2.33. The van der Waals surface area contributed by atoms with Crippen LogP contribution in [0.5, 0.6) is 17.4 Å². The first-order chi connectivity index (χ1) is 16.2. The molecular formula is C24H25N5O4. The number of fused-ring (bicyclic) bond motifs is 1. The van der Waals surface area contributed by atoms with Gasteiger partial charge in [0.15, 0.2) is 11.5 Å². The molecule has 2 aromatic heterocycles. The SMILES string of the molecule is COc1ccnc(N2CCC(N(Cc3cccnc3)C(=O)c3ccc4c(c3)OCO4)CC2)n1. The zero-order chi connectivity index (χ0) is 22.6. The largest absolute Gasteiger partial charge is 0.481 e. The van der Waals surface area contributed by atoms with Crippen molar-refractivity contribution in [3.05, 3.63) is 66.1 Å². The molecule has 0 bridgehead atoms. The monoisotopic (exact) mass is 447 g/mol. The van der Waals surface area contributed by atoms with E-state index in [0.717, 1.165) is 31.5 Å². The molecule has 0 unspecified atom stereocenters. The van der Waals surface area contributed by atoms with E-state index >= 15 is 0 Å². The molecule has 2 aliphatic rings. The molecule has 33 heavy (non-hydrogen) atoms. The predicted octanol–water partition coefficient (Wildman–Crippen LogP) is 2.92. The molecule has 3 aromatic rings. The van der Waals surface area contributed by atoms with Crippen molar-refractivity contribution >= 4 is 11.9 Å². The lowest BCUT2D eigenvalue weighted by atomic mass is 10.0. The molecule has 1 amide bonds. The highest BCUT2D eigenvalue weighted by atomic mass is 16.7. The number of rotatable bonds is 6. The van der Waals surface area contributed by atoms with E-state index in [0.29, 0.717) is 35.4 Å². The molecule has 0 atom stereocenters. The summed E-state index contributed by atoms with van der Waals surface area (Å²) in [6.07, 6.45) is 6.85. The van der Waals surface area contributed by atoms with Crippen LogP contribution < -0.4 is 19.1 Å². The van der Waals surface area contributed by atoms with Crippen molar-refractivity contribution in [2.24, 2.45) is 0 Å². The van der Waals surface area contributed by atoms with Gasteiger partial charge in [0, 0.05) is 55.9 Å². The van der Waals surface area contributed by atoms with Gasteiger partial charge in [0.05, 0.1) is 7.11 Å². The highest BCUT2D eigenvalue weighted by molar-refractivity contribution is 5.95. The van der Waals surface area contributed by atoms with Gasteiger partial charge >= 0.3 is 0 Å². The maximum absolute atomic E-state index is 13.6. The second-order valence-corrected chi connectivity index (χ2v) is 7.98. The minimum absolute atomic E-state index is 0.0340. The number of nitrogens with zero attached hydrogens (tertiary/aromatic N) is 5. The summed E-state index contributed by atoms with van der Waals surface area (Å²) in [6.45, 7) is 2.16. The first-order valence-corrected chi connectivity index (χ1v) is 10.9. The standard InChI is InChI=1S/C24H25N5O4/c1-31-22-6-10-26-24(27-22)28-11-7-19(8-12-28)29(15-17-3-2-9-25-14-17)23(30)18-4-5-20-21(13-18)33-16-32-20/h2-6,9-10,13-14,19H,7-8,11-12,15-16H2,1H3. The number of pyridine rings is 1. The number of anilines is 1. The van der Waals surface area contributed by atoms with E-state index in [1.165, 1.54) is 0 Å². The first kappa shape index (κ1) is 21.0. The van der Waals surface area contributed by atoms with Crippen LogP contribution in [0.25, 0.3) is 0 Å². The Hall–Kier alpha value is -3.88. The van der Waals surface area contributed by atoms with Crippen molar-refractivity contribution in [1.29, 1.82) is 0 Å². The minimum Gasteiger partial charge on any atom is -0.481 e. The smallest absolute Gasteiger partial charge is 0.254 e. The van der Waals surface area contributed by atoms with Crippen LogP contribution >= 0.6 is 0 Å². The summed E-state index contributed by atoms with van der Waals surface area (Å²) < 4.78 is 16.1. The molecule has 170 valence electrons. The Bertz CT molecular complexity index is 1120. The fourth-order valence-corrected chi connectivity index (χ4v) is 4.23. The van der Waals surface area contributed by atoms with Crippen molar-refractivity contribution in [3.8, 4) is 17.4 Å². The number of amides is 1. The van der Waals surface area contributed by atoms with Crippen molar-refractivity contribution in [3.63, 3.8) is 0 Å². The summed E-state index contributed by atoms with van der Waals surface area (Å²) in [4.78, 5) is 30.8. The number of ether oxygens (including phenoxy) is 3. The van der Waals surface area contributed by atoms with Crippen LogP contribution in [0.2, 0.25) is 0 Å². The van der Waals surface area contributed by atoms with Gasteiger partial charge < -0.3 is 24.0 Å². The Morgan fingerprint density at radius 3 is 2.79 bits per heavy atom. The molecule has 0 spiro atoms. The molecule has 9 heteroatoms. The van der Waals surface area contributed by atoms with E-state index in [-0.39, 0.29) is 18.7 Å². The zero-order valence-electron chi connectivity index (χ0n) is 18.4. The molecule has 4 heterocycles. The first-order valence-electron chi connectivity index (χ1n) is 10.9. The topological polar surface area (TPSA) is 89.9 Å². The second-order valence-electron chi connectivity index (χ2n) is 7.98. The lowest BCUT2D eigenvalue weighted by molar-refractivity contribution is 0.0630. The second kappa shape index (κ2) is 9.32. The molecule has 1 saturated heterocycles. The van der Waals surface area contributed by atoms with Crippen molar-refractivity contribution in [2.45, 2.75) is 25.4 Å². The van der Waals surface area contributed by atoms with Gasteiger partial charge in [-0.3, -0.25) is 9.78 Å². The normalized spacial score (nSPS) is 15.4. The van der Waals surface area contributed by atoms with Crippen LogP contribution in [0, 0.1) is 0 Å². The lowest BCUT2D eigenvalue weighted by Gasteiger charge is -2.38. The Morgan fingerprint density at radius 1 is 1.15 bits per heavy atom. The number of methoxy groups -OCH3 is 1. The van der Waals surface area contributed by atoms with Crippen LogP contribution in [-0.4, -0.2) is 58.8 Å². The molecule has 1 fully saturated rings. The third-order valence-electron chi connectivity index (χ3n) is 5.97. The molecule has 0 saturated carbocycles. The summed E-state index contributed by atoms with van der Waals surface area (Å²) in [6, 6.07) is 11.0. The van der Waals surface area contributed by atoms with E-state index in [4.69, 9.17) is 14.2 Å². The third-order valence-corrected chi connectivity index (χ3v) is 5.97. The van der Waals surface area contributed by atoms with Crippen molar-refractivity contribution in [2.75, 3.05) is 31.9 Å². The molecule has 1 aromatic carbocycles. The predicted molar refractivity (Wildman–Crippen MR) is 120 cm³/mol. The molecule has 0 radical (unpaired) electrons. The summed E-state index contributed by atoms with van der Waals surface area (Å²) in [5, 5.41) is 0. The fourth-order valence-electron chi connectivity index (χ4n) is 4.23. The summed E-state index contributed by atoms with van der Waals surface area (Å²) >= 11 is 0. The Morgan fingerprint density at radius 2 is 2.00 bits per heavy atom. The van der Waals surface area contributed by atoms with Gasteiger partial charge in [0.1, 0.15) is 0 Å². The van der Waals surface area contributed by atoms with E-state index < -0.39 is 0 Å². The van der Waals surface area contributed by atoms with Gasteiger partial charge in [-0.1, -0.05) is 6.07 Å². The van der Waals surface area contributed by atoms with E-state index in [1.54, 1.807) is 50.0 Å². The number of hydrogen-bond acceptors (Lipinski definition) is 8. The van der Waals surface area contributed by atoms with Gasteiger partial charge in [0.2, 0.25) is 18.6 Å². The zero-order valence-corrected chi connectivity index (χ0v) is 18.4. The quantitative estimate of drug-likeness (QED) is 0.570. The number of hydrogen-bond donors (Lipinski definition) is 0. The molecule has 2 aliphatic heterocycles. The van der Waals surface area contributed by atoms with Gasteiger partial charge in [0.25, 0.3) is 5.91 Å². The van der Waals surface area contributed by atoms with Crippen LogP contribution in [-0.2, 0) is 6.54 Å². The maximum Gasteiger partial charge on any atom is 0.254 e. The van der Waals surface area contributed by atoms with Gasteiger partial charge in [-0.2, -0.15) is 4.98 Å². The average molecular weight is 447 g/mol. The summed E-state index contributed by atoms with van der Waals surface area (Å²) in [5.41, 5.74) is 1.58. The van der Waals surface area contributed by atoms with Crippen LogP contribution in [0.1, 0.15) is 28.8 Å². The van der Waals surface area contributed by atoms with E-state index in [9.17, 15) is 4.79 Å². The Labute approximate surface area is 191 Å². The maximum atomic E-state index is 13.6. The Balaban J connectivity index is 1.35. The lowest BCUT2D eigenvalue weighted by Crippen LogP contribution is -2.47.